The van der Waals surface area contributed by atoms with Gasteiger partial charge in [0.05, 0.1) is 0 Å². The number of fused-ring (bicyclic) bond motifs is 1. The molecular formula is C20H20N2O4. The SMILES string of the molecule is Cc1cc(C)cc(C(NC(=O)c2ccc3c(c2)CCC(=O)N3)C(=O)O)c1. The van der Waals surface area contributed by atoms with E-state index in [2.05, 4.69) is 10.6 Å². The summed E-state index contributed by atoms with van der Waals surface area (Å²) in [7, 11) is 0. The molecule has 134 valence electrons. The fourth-order valence-corrected chi connectivity index (χ4v) is 3.20. The average Bonchev–Trinajstić information content (AvgIpc) is 2.57. The number of rotatable bonds is 4. The molecule has 26 heavy (non-hydrogen) atoms. The molecule has 1 unspecified atom stereocenters. The van der Waals surface area contributed by atoms with Gasteiger partial charge in [0.25, 0.3) is 5.91 Å². The minimum Gasteiger partial charge on any atom is -0.479 e. The number of hydrogen-bond acceptors (Lipinski definition) is 3. The first-order valence-electron chi connectivity index (χ1n) is 8.38. The van der Waals surface area contributed by atoms with Crippen molar-refractivity contribution in [2.45, 2.75) is 32.7 Å². The molecule has 0 aliphatic carbocycles. The molecule has 2 aromatic rings. The van der Waals surface area contributed by atoms with Crippen LogP contribution in [0.2, 0.25) is 0 Å². The second-order valence-electron chi connectivity index (χ2n) is 6.59. The molecular weight excluding hydrogens is 332 g/mol. The van der Waals surface area contributed by atoms with E-state index in [0.29, 0.717) is 29.7 Å². The van der Waals surface area contributed by atoms with E-state index < -0.39 is 17.9 Å². The summed E-state index contributed by atoms with van der Waals surface area (Å²) in [5.74, 6) is -1.62. The molecule has 6 heteroatoms. The number of carbonyl (C=O) groups excluding carboxylic acids is 2. The van der Waals surface area contributed by atoms with Gasteiger partial charge in [-0.3, -0.25) is 9.59 Å². The van der Waals surface area contributed by atoms with Gasteiger partial charge in [-0.2, -0.15) is 0 Å². The first-order chi connectivity index (χ1) is 12.3. The fraction of sp³-hybridized carbons (Fsp3) is 0.250. The van der Waals surface area contributed by atoms with Crippen molar-refractivity contribution in [1.82, 2.24) is 5.32 Å². The Morgan fingerprint density at radius 3 is 2.42 bits per heavy atom. The van der Waals surface area contributed by atoms with Gasteiger partial charge in [0.15, 0.2) is 6.04 Å². The van der Waals surface area contributed by atoms with Crippen LogP contribution in [-0.2, 0) is 16.0 Å². The summed E-state index contributed by atoms with van der Waals surface area (Å²) < 4.78 is 0. The standard InChI is InChI=1S/C20H20N2O4/c1-11-7-12(2)9-15(8-11)18(20(25)26)22-19(24)14-3-5-16-13(10-14)4-6-17(23)21-16/h3,5,7-10,18H,4,6H2,1-2H3,(H,21,23)(H,22,24)(H,25,26). The van der Waals surface area contributed by atoms with Crippen molar-refractivity contribution in [3.63, 3.8) is 0 Å². The second-order valence-corrected chi connectivity index (χ2v) is 6.59. The molecule has 0 spiro atoms. The molecule has 6 nitrogen and oxygen atoms in total. The molecule has 0 fully saturated rings. The first kappa shape index (κ1) is 17.7. The van der Waals surface area contributed by atoms with Crippen LogP contribution in [-0.4, -0.2) is 22.9 Å². The van der Waals surface area contributed by atoms with E-state index in [1.807, 2.05) is 19.9 Å². The second kappa shape index (κ2) is 7.00. The summed E-state index contributed by atoms with van der Waals surface area (Å²) in [6, 6.07) is 9.29. The summed E-state index contributed by atoms with van der Waals surface area (Å²) in [6.07, 6.45) is 0.931. The Morgan fingerprint density at radius 1 is 1.08 bits per heavy atom. The molecule has 1 aliphatic heterocycles. The third-order valence-electron chi connectivity index (χ3n) is 4.36. The van der Waals surface area contributed by atoms with E-state index in [1.165, 1.54) is 0 Å². The number of amides is 2. The normalized spacial score (nSPS) is 14.2. The van der Waals surface area contributed by atoms with Crippen LogP contribution in [0.5, 0.6) is 0 Å². The molecule has 0 radical (unpaired) electrons. The number of carboxylic acids is 1. The largest absolute Gasteiger partial charge is 0.479 e. The Bertz CT molecular complexity index is 884. The number of hydrogen-bond donors (Lipinski definition) is 3. The molecule has 0 saturated heterocycles. The van der Waals surface area contributed by atoms with Crippen molar-refractivity contribution in [1.29, 1.82) is 0 Å². The van der Waals surface area contributed by atoms with E-state index in [0.717, 1.165) is 16.7 Å². The number of aryl methyl sites for hydroxylation is 3. The van der Waals surface area contributed by atoms with Crippen LogP contribution >= 0.6 is 0 Å². The molecule has 0 aromatic heterocycles. The molecule has 3 rings (SSSR count). The lowest BCUT2D eigenvalue weighted by Crippen LogP contribution is -2.34. The van der Waals surface area contributed by atoms with Gasteiger partial charge in [-0.25, -0.2) is 4.79 Å². The summed E-state index contributed by atoms with van der Waals surface area (Å²) in [5, 5.41) is 14.9. The smallest absolute Gasteiger partial charge is 0.330 e. The topological polar surface area (TPSA) is 95.5 Å². The van der Waals surface area contributed by atoms with Crippen molar-refractivity contribution >= 4 is 23.5 Å². The summed E-state index contributed by atoms with van der Waals surface area (Å²) in [4.78, 5) is 35.7. The lowest BCUT2D eigenvalue weighted by atomic mass is 9.99. The van der Waals surface area contributed by atoms with Gasteiger partial charge in [0.1, 0.15) is 0 Å². The number of carbonyl (C=O) groups is 3. The van der Waals surface area contributed by atoms with Crippen molar-refractivity contribution < 1.29 is 19.5 Å². The van der Waals surface area contributed by atoms with Crippen molar-refractivity contribution in [2.24, 2.45) is 0 Å². The highest BCUT2D eigenvalue weighted by Crippen LogP contribution is 2.24. The van der Waals surface area contributed by atoms with Gasteiger partial charge in [-0.15, -0.1) is 0 Å². The third-order valence-corrected chi connectivity index (χ3v) is 4.36. The van der Waals surface area contributed by atoms with E-state index in [-0.39, 0.29) is 5.91 Å². The molecule has 3 N–H and O–H groups in total. The maximum Gasteiger partial charge on any atom is 0.330 e. The van der Waals surface area contributed by atoms with Crippen molar-refractivity contribution in [3.05, 3.63) is 64.2 Å². The number of carboxylic acid groups (broad SMARTS) is 1. The van der Waals surface area contributed by atoms with E-state index in [4.69, 9.17) is 0 Å². The minimum absolute atomic E-state index is 0.0459. The van der Waals surface area contributed by atoms with E-state index >= 15 is 0 Å². The Labute approximate surface area is 151 Å². The highest BCUT2D eigenvalue weighted by molar-refractivity contribution is 5.99. The monoisotopic (exact) mass is 352 g/mol. The number of nitrogens with one attached hydrogen (secondary N) is 2. The van der Waals surface area contributed by atoms with E-state index in [9.17, 15) is 19.5 Å². The highest BCUT2D eigenvalue weighted by Gasteiger charge is 2.24. The molecule has 2 aromatic carbocycles. The van der Waals surface area contributed by atoms with Crippen LogP contribution in [0.25, 0.3) is 0 Å². The molecule has 0 bridgehead atoms. The zero-order valence-electron chi connectivity index (χ0n) is 14.6. The molecule has 1 aliphatic rings. The molecule has 1 heterocycles. The van der Waals surface area contributed by atoms with Crippen LogP contribution in [0.1, 0.15) is 45.1 Å². The zero-order chi connectivity index (χ0) is 18.8. The predicted molar refractivity (Wildman–Crippen MR) is 97.2 cm³/mol. The van der Waals surface area contributed by atoms with Gasteiger partial charge in [-0.1, -0.05) is 29.3 Å². The first-order valence-corrected chi connectivity index (χ1v) is 8.38. The van der Waals surface area contributed by atoms with Crippen LogP contribution in [0.4, 0.5) is 5.69 Å². The maximum atomic E-state index is 12.6. The Morgan fingerprint density at radius 2 is 1.77 bits per heavy atom. The number of benzene rings is 2. The lowest BCUT2D eigenvalue weighted by Gasteiger charge is -2.19. The summed E-state index contributed by atoms with van der Waals surface area (Å²) in [5.41, 5.74) is 4.34. The van der Waals surface area contributed by atoms with Gasteiger partial charge >= 0.3 is 5.97 Å². The highest BCUT2D eigenvalue weighted by atomic mass is 16.4. The quantitative estimate of drug-likeness (QED) is 0.788. The average molecular weight is 352 g/mol. The predicted octanol–water partition coefficient (Wildman–Crippen LogP) is 2.74. The number of aliphatic carboxylic acids is 1. The van der Waals surface area contributed by atoms with Crippen LogP contribution in [0.3, 0.4) is 0 Å². The van der Waals surface area contributed by atoms with Crippen LogP contribution in [0, 0.1) is 13.8 Å². The summed E-state index contributed by atoms with van der Waals surface area (Å²) in [6.45, 7) is 3.77. The Balaban J connectivity index is 1.85. The lowest BCUT2D eigenvalue weighted by molar-refractivity contribution is -0.139. The minimum atomic E-state index is -1.13. The van der Waals surface area contributed by atoms with Gasteiger partial charge < -0.3 is 15.7 Å². The van der Waals surface area contributed by atoms with Crippen LogP contribution in [0.15, 0.2) is 36.4 Å². The van der Waals surface area contributed by atoms with E-state index in [1.54, 1.807) is 30.3 Å². The van der Waals surface area contributed by atoms with Gasteiger partial charge in [-0.05, 0) is 49.6 Å². The Kier molecular flexibility index (Phi) is 4.75. The fourth-order valence-electron chi connectivity index (χ4n) is 3.20. The van der Waals surface area contributed by atoms with Gasteiger partial charge in [0.2, 0.25) is 5.91 Å². The molecule has 1 atom stereocenters. The number of anilines is 1. The molecule has 0 saturated carbocycles. The van der Waals surface area contributed by atoms with Gasteiger partial charge in [0, 0.05) is 17.7 Å². The zero-order valence-corrected chi connectivity index (χ0v) is 14.6. The van der Waals surface area contributed by atoms with Crippen molar-refractivity contribution in [3.8, 4) is 0 Å². The summed E-state index contributed by atoms with van der Waals surface area (Å²) >= 11 is 0. The molecule has 2 amide bonds. The van der Waals surface area contributed by atoms with Crippen LogP contribution < -0.4 is 10.6 Å². The third kappa shape index (κ3) is 3.74. The Hall–Kier alpha value is -3.15. The van der Waals surface area contributed by atoms with Crippen molar-refractivity contribution in [2.75, 3.05) is 5.32 Å². The maximum absolute atomic E-state index is 12.6.